The second-order valence-electron chi connectivity index (χ2n) is 8.25. The average Bonchev–Trinajstić information content (AvgIpc) is 2.94. The van der Waals surface area contributed by atoms with Crippen molar-refractivity contribution in [3.05, 3.63) is 41.2 Å². The van der Waals surface area contributed by atoms with Crippen LogP contribution in [0.2, 0.25) is 0 Å². The highest BCUT2D eigenvalue weighted by atomic mass is 32.2. The number of hydrogen-bond acceptors (Lipinski definition) is 7. The fourth-order valence-electron chi connectivity index (χ4n) is 3.73. The number of aromatic nitrogens is 2. The summed E-state index contributed by atoms with van der Waals surface area (Å²) in [5.41, 5.74) is 3.12. The molecule has 1 aromatic carbocycles. The van der Waals surface area contributed by atoms with Gasteiger partial charge in [-0.05, 0) is 56.9 Å². The van der Waals surface area contributed by atoms with Crippen LogP contribution in [0, 0.1) is 13.8 Å². The van der Waals surface area contributed by atoms with Gasteiger partial charge in [-0.1, -0.05) is 12.5 Å². The number of rotatable bonds is 8. The molecule has 11 heteroatoms. The lowest BCUT2D eigenvalue weighted by Gasteiger charge is -2.11. The Morgan fingerprint density at radius 2 is 1.97 bits per heavy atom. The molecular formula is C23H31N5O5S. The Kier molecular flexibility index (Phi) is 8.43. The van der Waals surface area contributed by atoms with Gasteiger partial charge in [-0.3, -0.25) is 24.0 Å². The fourth-order valence-corrected chi connectivity index (χ4v) is 4.87. The number of carbonyl (C=O) groups is 2. The van der Waals surface area contributed by atoms with Gasteiger partial charge in [0, 0.05) is 37.8 Å². The zero-order valence-corrected chi connectivity index (χ0v) is 20.6. The molecule has 0 bridgehead atoms. The molecule has 0 unspecified atom stereocenters. The van der Waals surface area contributed by atoms with E-state index in [0.29, 0.717) is 25.2 Å². The minimum Gasteiger partial charge on any atom is -0.456 e. The van der Waals surface area contributed by atoms with Crippen LogP contribution in [0.3, 0.4) is 0 Å². The summed E-state index contributed by atoms with van der Waals surface area (Å²) in [5, 5.41) is 6.88. The number of ether oxygens (including phenoxy) is 1. The predicted octanol–water partition coefficient (Wildman–Crippen LogP) is 2.40. The van der Waals surface area contributed by atoms with Gasteiger partial charge in [0.2, 0.25) is 0 Å². The van der Waals surface area contributed by atoms with Crippen LogP contribution >= 0.6 is 0 Å². The molecule has 0 radical (unpaired) electrons. The minimum absolute atomic E-state index is 0.0106. The topological polar surface area (TPSA) is 132 Å². The zero-order chi connectivity index (χ0) is 24.7. The Morgan fingerprint density at radius 3 is 2.71 bits per heavy atom. The Hall–Kier alpha value is -3.21. The largest absolute Gasteiger partial charge is 0.456 e. The molecule has 2 aromatic rings. The molecule has 2 N–H and O–H groups in total. The quantitative estimate of drug-likeness (QED) is 0.548. The van der Waals surface area contributed by atoms with Crippen LogP contribution in [0.15, 0.2) is 34.2 Å². The van der Waals surface area contributed by atoms with Gasteiger partial charge in [0.25, 0.3) is 15.9 Å². The van der Waals surface area contributed by atoms with Gasteiger partial charge in [-0.15, -0.1) is 0 Å². The van der Waals surface area contributed by atoms with E-state index in [-0.39, 0.29) is 17.0 Å². The number of anilines is 1. The monoisotopic (exact) mass is 489 g/mol. The average molecular weight is 490 g/mol. The summed E-state index contributed by atoms with van der Waals surface area (Å²) >= 11 is 0. The Morgan fingerprint density at radius 1 is 1.18 bits per heavy atom. The van der Waals surface area contributed by atoms with Gasteiger partial charge in [-0.25, -0.2) is 8.42 Å². The van der Waals surface area contributed by atoms with Gasteiger partial charge >= 0.3 is 5.97 Å². The van der Waals surface area contributed by atoms with Crippen LogP contribution in [-0.2, 0) is 37.8 Å². The van der Waals surface area contributed by atoms with Crippen molar-refractivity contribution in [3.63, 3.8) is 0 Å². The Bertz CT molecular complexity index is 1190. The van der Waals surface area contributed by atoms with Crippen molar-refractivity contribution in [3.8, 4) is 0 Å². The molecule has 1 amide bonds. The lowest BCUT2D eigenvalue weighted by molar-refractivity contribution is -0.147. The molecule has 2 heterocycles. The van der Waals surface area contributed by atoms with Crippen molar-refractivity contribution in [2.24, 2.45) is 12.0 Å². The van der Waals surface area contributed by atoms with Crippen LogP contribution < -0.4 is 10.0 Å². The zero-order valence-electron chi connectivity index (χ0n) is 19.8. The SMILES string of the molecule is Cc1nn(C)c(C)c1CCC(=O)OCC(=O)Nc1cccc(S(=O)(=O)NC2=NCCCCC2)c1. The highest BCUT2D eigenvalue weighted by Crippen LogP contribution is 2.17. The molecule has 0 saturated carbocycles. The summed E-state index contributed by atoms with van der Waals surface area (Å²) < 4.78 is 34.8. The molecule has 1 aliphatic rings. The summed E-state index contributed by atoms with van der Waals surface area (Å²) in [7, 11) is -1.98. The highest BCUT2D eigenvalue weighted by molar-refractivity contribution is 7.90. The molecular weight excluding hydrogens is 458 g/mol. The molecule has 0 aliphatic carbocycles. The standard InChI is InChI=1S/C23H31N5O5S/c1-16-20(17(2)28(3)26-16)11-12-23(30)33-15-22(29)25-18-8-7-9-19(14-18)34(31,32)27-21-10-5-4-6-13-24-21/h7-9,14H,4-6,10-13,15H2,1-3H3,(H,24,27)(H,25,29). The minimum atomic E-state index is -3.82. The predicted molar refractivity (Wildman–Crippen MR) is 128 cm³/mol. The fraction of sp³-hybridized carbons (Fsp3) is 0.478. The molecule has 0 spiro atoms. The summed E-state index contributed by atoms with van der Waals surface area (Å²) in [6, 6.07) is 5.89. The number of amides is 1. The number of aliphatic imine (C=N–C) groups is 1. The second-order valence-corrected chi connectivity index (χ2v) is 9.94. The maximum Gasteiger partial charge on any atom is 0.306 e. The van der Waals surface area contributed by atoms with Crippen LogP contribution in [0.4, 0.5) is 5.69 Å². The van der Waals surface area contributed by atoms with Crippen LogP contribution in [0.5, 0.6) is 0 Å². The molecule has 10 nitrogen and oxygen atoms in total. The summed E-state index contributed by atoms with van der Waals surface area (Å²) in [6.45, 7) is 3.96. The number of sulfonamides is 1. The van der Waals surface area contributed by atoms with E-state index in [1.807, 2.05) is 20.9 Å². The van der Waals surface area contributed by atoms with E-state index in [0.717, 1.165) is 36.2 Å². The Balaban J connectivity index is 1.51. The van der Waals surface area contributed by atoms with E-state index >= 15 is 0 Å². The van der Waals surface area contributed by atoms with E-state index in [2.05, 4.69) is 20.1 Å². The lowest BCUT2D eigenvalue weighted by Crippen LogP contribution is -2.30. The highest BCUT2D eigenvalue weighted by Gasteiger charge is 2.18. The maximum absolute atomic E-state index is 12.7. The number of carbonyl (C=O) groups excluding carboxylic acids is 2. The maximum atomic E-state index is 12.7. The molecule has 3 rings (SSSR count). The number of nitrogens with one attached hydrogen (secondary N) is 2. The van der Waals surface area contributed by atoms with Crippen LogP contribution in [0.25, 0.3) is 0 Å². The van der Waals surface area contributed by atoms with Gasteiger partial charge in [-0.2, -0.15) is 5.10 Å². The lowest BCUT2D eigenvalue weighted by atomic mass is 10.1. The van der Waals surface area contributed by atoms with E-state index in [9.17, 15) is 18.0 Å². The van der Waals surface area contributed by atoms with Crippen molar-refractivity contribution >= 4 is 33.4 Å². The number of benzene rings is 1. The normalized spacial score (nSPS) is 14.1. The second kappa shape index (κ2) is 11.3. The van der Waals surface area contributed by atoms with Crippen molar-refractivity contribution in [2.75, 3.05) is 18.5 Å². The third kappa shape index (κ3) is 6.89. The molecule has 0 fully saturated rings. The number of amidine groups is 1. The van der Waals surface area contributed by atoms with Crippen molar-refractivity contribution in [1.82, 2.24) is 14.5 Å². The molecule has 184 valence electrons. The van der Waals surface area contributed by atoms with Crippen LogP contribution in [-0.4, -0.2) is 49.1 Å². The van der Waals surface area contributed by atoms with E-state index in [1.54, 1.807) is 10.7 Å². The number of hydrogen-bond donors (Lipinski definition) is 2. The van der Waals surface area contributed by atoms with Crippen LogP contribution in [0.1, 0.15) is 49.1 Å². The third-order valence-corrected chi connectivity index (χ3v) is 7.04. The van der Waals surface area contributed by atoms with Gasteiger partial charge < -0.3 is 10.1 Å². The molecule has 1 aliphatic heterocycles. The number of nitrogens with zero attached hydrogens (tertiary/aromatic N) is 3. The number of aryl methyl sites for hydroxylation is 2. The summed E-state index contributed by atoms with van der Waals surface area (Å²) in [4.78, 5) is 28.6. The molecule has 1 aromatic heterocycles. The van der Waals surface area contributed by atoms with Gasteiger partial charge in [0.1, 0.15) is 5.84 Å². The molecule has 34 heavy (non-hydrogen) atoms. The molecule has 0 atom stereocenters. The first-order valence-electron chi connectivity index (χ1n) is 11.3. The van der Waals surface area contributed by atoms with Crippen molar-refractivity contribution in [2.45, 2.75) is 57.3 Å². The summed E-state index contributed by atoms with van der Waals surface area (Å²) in [5.74, 6) is -0.601. The van der Waals surface area contributed by atoms with Crippen molar-refractivity contribution in [1.29, 1.82) is 0 Å². The molecule has 0 saturated heterocycles. The Labute approximate surface area is 199 Å². The first kappa shape index (κ1) is 25.4. The smallest absolute Gasteiger partial charge is 0.306 e. The van der Waals surface area contributed by atoms with Gasteiger partial charge in [0.15, 0.2) is 6.61 Å². The first-order valence-corrected chi connectivity index (χ1v) is 12.7. The van der Waals surface area contributed by atoms with Gasteiger partial charge in [0.05, 0.1) is 10.6 Å². The third-order valence-electron chi connectivity index (χ3n) is 5.66. The van der Waals surface area contributed by atoms with E-state index in [4.69, 9.17) is 4.74 Å². The van der Waals surface area contributed by atoms with Crippen molar-refractivity contribution < 1.29 is 22.7 Å². The van der Waals surface area contributed by atoms with E-state index < -0.39 is 28.5 Å². The summed E-state index contributed by atoms with van der Waals surface area (Å²) in [6.07, 6.45) is 4.04. The first-order chi connectivity index (χ1) is 16.2. The number of esters is 1. The van der Waals surface area contributed by atoms with E-state index in [1.165, 1.54) is 18.2 Å².